The summed E-state index contributed by atoms with van der Waals surface area (Å²) in [5, 5.41) is 8.93. The number of hydrogen-bond donors (Lipinski definition) is 2. The lowest BCUT2D eigenvalue weighted by molar-refractivity contribution is 0.0697. The van der Waals surface area contributed by atoms with Crippen molar-refractivity contribution in [2.45, 2.75) is 0 Å². The molecule has 2 rings (SSSR count). The lowest BCUT2D eigenvalue weighted by Crippen LogP contribution is -2.27. The first-order valence-corrected chi connectivity index (χ1v) is 7.15. The number of nitrogens with zero attached hydrogens (tertiary/aromatic N) is 1. The SMILES string of the molecule is CN(C(=O)c1ccccc1I)c1ccc(C(=O)O)cc1N. The van der Waals surface area contributed by atoms with Crippen molar-refractivity contribution in [2.24, 2.45) is 0 Å². The number of carbonyl (C=O) groups is 2. The Bertz CT molecular complexity index is 716. The second-order valence-corrected chi connectivity index (χ2v) is 5.58. The molecule has 0 aromatic heterocycles. The molecule has 0 unspecified atom stereocenters. The molecule has 6 heteroatoms. The maximum absolute atomic E-state index is 12.5. The lowest BCUT2D eigenvalue weighted by Gasteiger charge is -2.20. The molecular formula is C15H13IN2O3. The second-order valence-electron chi connectivity index (χ2n) is 4.42. The smallest absolute Gasteiger partial charge is 0.335 e. The van der Waals surface area contributed by atoms with E-state index in [1.165, 1.54) is 23.1 Å². The van der Waals surface area contributed by atoms with Gasteiger partial charge in [0.05, 0.1) is 22.5 Å². The maximum Gasteiger partial charge on any atom is 0.335 e. The lowest BCUT2D eigenvalue weighted by atomic mass is 10.1. The van der Waals surface area contributed by atoms with E-state index in [0.29, 0.717) is 11.3 Å². The summed E-state index contributed by atoms with van der Waals surface area (Å²) >= 11 is 2.09. The average molecular weight is 396 g/mol. The zero-order valence-electron chi connectivity index (χ0n) is 11.2. The molecule has 0 saturated carbocycles. The van der Waals surface area contributed by atoms with Crippen molar-refractivity contribution >= 4 is 45.8 Å². The number of benzene rings is 2. The normalized spacial score (nSPS) is 10.2. The minimum Gasteiger partial charge on any atom is -0.478 e. The highest BCUT2D eigenvalue weighted by Crippen LogP contribution is 2.25. The Morgan fingerprint density at radius 3 is 2.43 bits per heavy atom. The van der Waals surface area contributed by atoms with Gasteiger partial charge in [0.25, 0.3) is 5.91 Å². The van der Waals surface area contributed by atoms with Crippen LogP contribution in [0.1, 0.15) is 20.7 Å². The van der Waals surface area contributed by atoms with Gasteiger partial charge < -0.3 is 15.7 Å². The molecule has 0 atom stereocenters. The molecule has 21 heavy (non-hydrogen) atoms. The van der Waals surface area contributed by atoms with Gasteiger partial charge >= 0.3 is 5.97 Å². The third-order valence-corrected chi connectivity index (χ3v) is 3.99. The minimum atomic E-state index is -1.06. The van der Waals surface area contributed by atoms with Gasteiger partial charge in [-0.05, 0) is 52.9 Å². The van der Waals surface area contributed by atoms with Gasteiger partial charge in [0.15, 0.2) is 0 Å². The number of carboxylic acid groups (broad SMARTS) is 1. The Morgan fingerprint density at radius 1 is 1.19 bits per heavy atom. The van der Waals surface area contributed by atoms with Crippen LogP contribution in [-0.2, 0) is 0 Å². The van der Waals surface area contributed by atoms with E-state index >= 15 is 0 Å². The van der Waals surface area contributed by atoms with Crippen molar-refractivity contribution in [3.63, 3.8) is 0 Å². The molecule has 0 aliphatic rings. The minimum absolute atomic E-state index is 0.0893. The van der Waals surface area contributed by atoms with E-state index in [4.69, 9.17) is 10.8 Å². The van der Waals surface area contributed by atoms with Crippen molar-refractivity contribution in [3.8, 4) is 0 Å². The summed E-state index contributed by atoms with van der Waals surface area (Å²) < 4.78 is 0.840. The number of anilines is 2. The molecule has 0 bridgehead atoms. The van der Waals surface area contributed by atoms with Gasteiger partial charge in [-0.25, -0.2) is 4.79 Å². The molecule has 0 saturated heterocycles. The molecule has 5 nitrogen and oxygen atoms in total. The monoisotopic (exact) mass is 396 g/mol. The van der Waals surface area contributed by atoms with Crippen LogP contribution in [0.4, 0.5) is 11.4 Å². The van der Waals surface area contributed by atoms with Gasteiger partial charge in [-0.3, -0.25) is 4.79 Å². The summed E-state index contributed by atoms with van der Waals surface area (Å²) in [4.78, 5) is 24.8. The molecule has 0 radical (unpaired) electrons. The predicted octanol–water partition coefficient (Wildman–Crippen LogP) is 2.85. The summed E-state index contributed by atoms with van der Waals surface area (Å²) in [6, 6.07) is 11.5. The zero-order chi connectivity index (χ0) is 15.6. The fourth-order valence-corrected chi connectivity index (χ4v) is 2.54. The number of carbonyl (C=O) groups excluding carboxylic acids is 1. The fraction of sp³-hybridized carbons (Fsp3) is 0.0667. The van der Waals surface area contributed by atoms with E-state index < -0.39 is 5.97 Å². The molecule has 108 valence electrons. The fourth-order valence-electron chi connectivity index (χ4n) is 1.92. The van der Waals surface area contributed by atoms with Gasteiger partial charge in [-0.1, -0.05) is 12.1 Å². The van der Waals surface area contributed by atoms with Gasteiger partial charge in [0.2, 0.25) is 0 Å². The number of halogens is 1. The number of aromatic carboxylic acids is 1. The second kappa shape index (κ2) is 6.13. The number of nitrogens with two attached hydrogens (primary N) is 1. The highest BCUT2D eigenvalue weighted by molar-refractivity contribution is 14.1. The van der Waals surface area contributed by atoms with Crippen LogP contribution in [0.2, 0.25) is 0 Å². The van der Waals surface area contributed by atoms with E-state index in [2.05, 4.69) is 22.6 Å². The summed E-state index contributed by atoms with van der Waals surface area (Å²) in [5.41, 5.74) is 7.24. The van der Waals surface area contributed by atoms with Gasteiger partial charge in [0, 0.05) is 10.6 Å². The quantitative estimate of drug-likeness (QED) is 0.618. The van der Waals surface area contributed by atoms with E-state index in [1.54, 1.807) is 19.2 Å². The number of amides is 1. The topological polar surface area (TPSA) is 83.6 Å². The van der Waals surface area contributed by atoms with Crippen molar-refractivity contribution in [1.82, 2.24) is 0 Å². The van der Waals surface area contributed by atoms with E-state index in [1.807, 2.05) is 12.1 Å². The van der Waals surface area contributed by atoms with Crippen LogP contribution in [0, 0.1) is 3.57 Å². The van der Waals surface area contributed by atoms with Crippen LogP contribution < -0.4 is 10.6 Å². The number of hydrogen-bond acceptors (Lipinski definition) is 3. The molecule has 0 heterocycles. The standard InChI is InChI=1S/C15H13IN2O3/c1-18(14(19)10-4-2-3-5-11(10)16)13-7-6-9(15(20)21)8-12(13)17/h2-8H,17H2,1H3,(H,20,21). The Labute approximate surface area is 135 Å². The number of nitrogen functional groups attached to an aromatic ring is 1. The largest absolute Gasteiger partial charge is 0.478 e. The highest BCUT2D eigenvalue weighted by Gasteiger charge is 2.18. The molecule has 1 amide bonds. The predicted molar refractivity (Wildman–Crippen MR) is 89.7 cm³/mol. The van der Waals surface area contributed by atoms with Crippen molar-refractivity contribution in [3.05, 3.63) is 57.2 Å². The van der Waals surface area contributed by atoms with Crippen molar-refractivity contribution < 1.29 is 14.7 Å². The van der Waals surface area contributed by atoms with Crippen molar-refractivity contribution in [1.29, 1.82) is 0 Å². The summed E-state index contributed by atoms with van der Waals surface area (Å²) in [6.45, 7) is 0. The van der Waals surface area contributed by atoms with Crippen LogP contribution >= 0.6 is 22.6 Å². The highest BCUT2D eigenvalue weighted by atomic mass is 127. The third-order valence-electron chi connectivity index (χ3n) is 3.04. The van der Waals surface area contributed by atoms with Gasteiger partial charge in [-0.15, -0.1) is 0 Å². The number of rotatable bonds is 3. The molecule has 0 spiro atoms. The third kappa shape index (κ3) is 3.15. The Morgan fingerprint density at radius 2 is 1.86 bits per heavy atom. The molecule has 2 aromatic rings. The maximum atomic E-state index is 12.5. The van der Waals surface area contributed by atoms with E-state index in [0.717, 1.165) is 3.57 Å². The summed E-state index contributed by atoms with van der Waals surface area (Å²) in [5.74, 6) is -1.25. The Balaban J connectivity index is 2.36. The van der Waals surface area contributed by atoms with Crippen molar-refractivity contribution in [2.75, 3.05) is 17.7 Å². The van der Waals surface area contributed by atoms with Gasteiger partial charge in [0.1, 0.15) is 0 Å². The molecule has 0 fully saturated rings. The summed E-state index contributed by atoms with van der Waals surface area (Å²) in [7, 11) is 1.61. The Kier molecular flexibility index (Phi) is 4.46. The van der Waals surface area contributed by atoms with Crippen LogP contribution in [0.25, 0.3) is 0 Å². The first-order chi connectivity index (χ1) is 9.91. The van der Waals surface area contributed by atoms with Crippen LogP contribution in [-0.4, -0.2) is 24.0 Å². The molecule has 3 N–H and O–H groups in total. The first kappa shape index (κ1) is 15.3. The van der Waals surface area contributed by atoms with E-state index in [9.17, 15) is 9.59 Å². The van der Waals surface area contributed by atoms with Gasteiger partial charge in [-0.2, -0.15) is 0 Å². The van der Waals surface area contributed by atoms with Crippen LogP contribution in [0.5, 0.6) is 0 Å². The molecule has 0 aliphatic heterocycles. The zero-order valence-corrected chi connectivity index (χ0v) is 13.4. The molecular weight excluding hydrogens is 383 g/mol. The number of carboxylic acids is 1. The Hall–Kier alpha value is -2.09. The van der Waals surface area contributed by atoms with Crippen LogP contribution in [0.3, 0.4) is 0 Å². The summed E-state index contributed by atoms with van der Waals surface area (Å²) in [6.07, 6.45) is 0. The molecule has 0 aliphatic carbocycles. The van der Waals surface area contributed by atoms with E-state index in [-0.39, 0.29) is 17.2 Å². The molecule has 2 aromatic carbocycles. The first-order valence-electron chi connectivity index (χ1n) is 6.07. The van der Waals surface area contributed by atoms with Crippen LogP contribution in [0.15, 0.2) is 42.5 Å². The average Bonchev–Trinajstić information content (AvgIpc) is 2.46.